The Labute approximate surface area is 92.4 Å². The maximum atomic E-state index is 11.1. The van der Waals surface area contributed by atoms with E-state index in [0.29, 0.717) is 6.61 Å². The first-order chi connectivity index (χ1) is 7.47. The van der Waals surface area contributed by atoms with Gasteiger partial charge < -0.3 is 20.3 Å². The number of amides is 1. The molecule has 0 bridgehead atoms. The number of hydrogen-bond donors (Lipinski definition) is 3. The standard InChI is InChI=1S/C9H15NO6/c1-2-3-16-5-7(11)10-6(9(14)15)4-8(12)13/h6H,2-5H2,1H3,(H,10,11)(H,12,13)(H,14,15)/t6-/m0/s1. The molecule has 0 fully saturated rings. The molecule has 1 amide bonds. The minimum absolute atomic E-state index is 0.267. The Bertz CT molecular complexity index is 265. The summed E-state index contributed by atoms with van der Waals surface area (Å²) in [6.07, 6.45) is 0.0830. The second kappa shape index (κ2) is 7.63. The monoisotopic (exact) mass is 233 g/mol. The zero-order chi connectivity index (χ0) is 12.6. The summed E-state index contributed by atoms with van der Waals surface area (Å²) in [5.41, 5.74) is 0. The Kier molecular flexibility index (Phi) is 6.86. The van der Waals surface area contributed by atoms with E-state index in [2.05, 4.69) is 5.32 Å². The average molecular weight is 233 g/mol. The van der Waals surface area contributed by atoms with Gasteiger partial charge in [0.1, 0.15) is 12.6 Å². The van der Waals surface area contributed by atoms with Crippen molar-refractivity contribution in [2.45, 2.75) is 25.8 Å². The van der Waals surface area contributed by atoms with Crippen LogP contribution < -0.4 is 5.32 Å². The van der Waals surface area contributed by atoms with Gasteiger partial charge in [-0.1, -0.05) is 6.92 Å². The summed E-state index contributed by atoms with van der Waals surface area (Å²) in [4.78, 5) is 32.0. The molecule has 0 unspecified atom stereocenters. The van der Waals surface area contributed by atoms with Crippen molar-refractivity contribution in [2.75, 3.05) is 13.2 Å². The van der Waals surface area contributed by atoms with Gasteiger partial charge in [0, 0.05) is 6.61 Å². The number of carboxylic acid groups (broad SMARTS) is 2. The van der Waals surface area contributed by atoms with E-state index in [-0.39, 0.29) is 6.61 Å². The molecule has 7 heteroatoms. The topological polar surface area (TPSA) is 113 Å². The largest absolute Gasteiger partial charge is 0.481 e. The van der Waals surface area contributed by atoms with Gasteiger partial charge in [-0.3, -0.25) is 9.59 Å². The van der Waals surface area contributed by atoms with Gasteiger partial charge in [0.25, 0.3) is 0 Å². The van der Waals surface area contributed by atoms with Crippen LogP contribution in [0, 0.1) is 0 Å². The predicted molar refractivity (Wildman–Crippen MR) is 52.9 cm³/mol. The molecule has 0 spiro atoms. The third kappa shape index (κ3) is 6.77. The third-order valence-electron chi connectivity index (χ3n) is 1.59. The molecule has 0 aliphatic heterocycles. The second-order valence-corrected chi connectivity index (χ2v) is 3.11. The summed E-state index contributed by atoms with van der Waals surface area (Å²) in [7, 11) is 0. The van der Waals surface area contributed by atoms with Crippen LogP contribution in [0.15, 0.2) is 0 Å². The van der Waals surface area contributed by atoms with E-state index in [1.54, 1.807) is 0 Å². The van der Waals surface area contributed by atoms with Crippen molar-refractivity contribution in [1.82, 2.24) is 5.32 Å². The smallest absolute Gasteiger partial charge is 0.326 e. The number of nitrogens with one attached hydrogen (secondary N) is 1. The number of rotatable bonds is 8. The van der Waals surface area contributed by atoms with Crippen LogP contribution in [-0.2, 0) is 19.1 Å². The molecule has 3 N–H and O–H groups in total. The highest BCUT2D eigenvalue weighted by molar-refractivity contribution is 5.87. The number of carboxylic acids is 2. The maximum absolute atomic E-state index is 11.1. The van der Waals surface area contributed by atoms with E-state index in [4.69, 9.17) is 14.9 Å². The van der Waals surface area contributed by atoms with Gasteiger partial charge in [-0.15, -0.1) is 0 Å². The lowest BCUT2D eigenvalue weighted by Gasteiger charge is -2.12. The summed E-state index contributed by atoms with van der Waals surface area (Å²) in [6, 6.07) is -1.42. The molecule has 0 aromatic heterocycles. The van der Waals surface area contributed by atoms with Crippen LogP contribution >= 0.6 is 0 Å². The number of hydrogen-bond acceptors (Lipinski definition) is 4. The van der Waals surface area contributed by atoms with Crippen molar-refractivity contribution in [3.63, 3.8) is 0 Å². The Balaban J connectivity index is 4.03. The van der Waals surface area contributed by atoms with Crippen molar-refractivity contribution in [2.24, 2.45) is 0 Å². The lowest BCUT2D eigenvalue weighted by atomic mass is 10.2. The fourth-order valence-corrected chi connectivity index (χ4v) is 0.920. The molecular formula is C9H15NO6. The number of carbonyl (C=O) groups excluding carboxylic acids is 1. The highest BCUT2D eigenvalue weighted by atomic mass is 16.5. The van der Waals surface area contributed by atoms with E-state index in [1.807, 2.05) is 6.92 Å². The summed E-state index contributed by atoms with van der Waals surface area (Å²) < 4.78 is 4.88. The van der Waals surface area contributed by atoms with Gasteiger partial charge in [-0.25, -0.2) is 4.79 Å². The number of aliphatic carboxylic acids is 2. The molecule has 0 radical (unpaired) electrons. The highest BCUT2D eigenvalue weighted by Crippen LogP contribution is 1.93. The summed E-state index contributed by atoms with van der Waals surface area (Å²) in [5.74, 6) is -3.31. The molecule has 0 aliphatic rings. The fraction of sp³-hybridized carbons (Fsp3) is 0.667. The molecule has 1 atom stereocenters. The van der Waals surface area contributed by atoms with Crippen molar-refractivity contribution < 1.29 is 29.3 Å². The number of ether oxygens (including phenoxy) is 1. The first kappa shape index (κ1) is 14.4. The number of carbonyl (C=O) groups is 3. The molecule has 0 saturated carbocycles. The minimum atomic E-state index is -1.42. The van der Waals surface area contributed by atoms with Gasteiger partial charge in [0.2, 0.25) is 5.91 Å². The van der Waals surface area contributed by atoms with Crippen LogP contribution in [0.2, 0.25) is 0 Å². The van der Waals surface area contributed by atoms with Crippen LogP contribution in [0.5, 0.6) is 0 Å². The van der Waals surface area contributed by atoms with Crippen LogP contribution in [-0.4, -0.2) is 47.3 Å². The fourth-order valence-electron chi connectivity index (χ4n) is 0.920. The van der Waals surface area contributed by atoms with Crippen LogP contribution in [0.25, 0.3) is 0 Å². The molecule has 0 heterocycles. The molecule has 0 saturated heterocycles. The minimum Gasteiger partial charge on any atom is -0.481 e. The summed E-state index contributed by atoms with van der Waals surface area (Å²) in [5, 5.41) is 19.1. The average Bonchev–Trinajstić information content (AvgIpc) is 2.16. The first-order valence-electron chi connectivity index (χ1n) is 4.79. The van der Waals surface area contributed by atoms with E-state index in [0.717, 1.165) is 6.42 Å². The van der Waals surface area contributed by atoms with Gasteiger partial charge in [-0.2, -0.15) is 0 Å². The molecular weight excluding hydrogens is 218 g/mol. The third-order valence-corrected chi connectivity index (χ3v) is 1.59. The summed E-state index contributed by atoms with van der Waals surface area (Å²) in [6.45, 7) is 1.99. The molecule has 0 aliphatic carbocycles. The Morgan fingerprint density at radius 3 is 2.38 bits per heavy atom. The molecule has 0 aromatic carbocycles. The second-order valence-electron chi connectivity index (χ2n) is 3.11. The summed E-state index contributed by atoms with van der Waals surface area (Å²) >= 11 is 0. The van der Waals surface area contributed by atoms with E-state index in [9.17, 15) is 14.4 Å². The van der Waals surface area contributed by atoms with Gasteiger partial charge in [0.05, 0.1) is 6.42 Å². The molecule has 0 aromatic rings. The van der Waals surface area contributed by atoms with Crippen LogP contribution in [0.4, 0.5) is 0 Å². The predicted octanol–water partition coefficient (Wildman–Crippen LogP) is -0.543. The molecule has 0 rings (SSSR count). The van der Waals surface area contributed by atoms with E-state index >= 15 is 0 Å². The van der Waals surface area contributed by atoms with Crippen molar-refractivity contribution >= 4 is 17.8 Å². The van der Waals surface area contributed by atoms with Crippen LogP contribution in [0.1, 0.15) is 19.8 Å². The molecule has 7 nitrogen and oxygen atoms in total. The van der Waals surface area contributed by atoms with Crippen molar-refractivity contribution in [3.05, 3.63) is 0 Å². The van der Waals surface area contributed by atoms with Gasteiger partial charge >= 0.3 is 11.9 Å². The van der Waals surface area contributed by atoms with E-state index < -0.39 is 30.3 Å². The Morgan fingerprint density at radius 1 is 1.31 bits per heavy atom. The maximum Gasteiger partial charge on any atom is 0.326 e. The van der Waals surface area contributed by atoms with E-state index in [1.165, 1.54) is 0 Å². The normalized spacial score (nSPS) is 11.8. The van der Waals surface area contributed by atoms with Crippen molar-refractivity contribution in [3.8, 4) is 0 Å². The van der Waals surface area contributed by atoms with Gasteiger partial charge in [-0.05, 0) is 6.42 Å². The quantitative estimate of drug-likeness (QED) is 0.485. The lowest BCUT2D eigenvalue weighted by Crippen LogP contribution is -2.43. The zero-order valence-corrected chi connectivity index (χ0v) is 8.93. The Hall–Kier alpha value is -1.63. The Morgan fingerprint density at radius 2 is 1.94 bits per heavy atom. The highest BCUT2D eigenvalue weighted by Gasteiger charge is 2.22. The molecule has 92 valence electrons. The zero-order valence-electron chi connectivity index (χ0n) is 8.93. The van der Waals surface area contributed by atoms with Crippen LogP contribution in [0.3, 0.4) is 0 Å². The molecule has 16 heavy (non-hydrogen) atoms. The van der Waals surface area contributed by atoms with Gasteiger partial charge in [0.15, 0.2) is 0 Å². The lowest BCUT2D eigenvalue weighted by molar-refractivity contribution is -0.147. The van der Waals surface area contributed by atoms with Crippen molar-refractivity contribution in [1.29, 1.82) is 0 Å². The first-order valence-corrected chi connectivity index (χ1v) is 4.79. The SMILES string of the molecule is CCCOCC(=O)N[C@@H](CC(=O)O)C(=O)O.